The number of nitrogens with one attached hydrogen (secondary N) is 1. The van der Waals surface area contributed by atoms with E-state index in [2.05, 4.69) is 9.72 Å². The predicted octanol–water partition coefficient (Wildman–Crippen LogP) is 3.74. The number of carbonyl (C=O) groups is 1. The summed E-state index contributed by atoms with van der Waals surface area (Å²) in [5.74, 6) is 0.183. The quantitative estimate of drug-likeness (QED) is 0.348. The Balaban J connectivity index is 1.46. The van der Waals surface area contributed by atoms with Crippen LogP contribution in [0.25, 0.3) is 20.7 Å². The minimum absolute atomic E-state index is 0.240. The van der Waals surface area contributed by atoms with Crippen LogP contribution in [0.4, 0.5) is 0 Å². The van der Waals surface area contributed by atoms with Gasteiger partial charge in [-0.2, -0.15) is 0 Å². The SMILES string of the molecule is COC(=O)c1ccc(OCCCn2c(=O)[nH]c3scc(-c4cccs4)c3c2=O)cc1. The molecule has 0 spiro atoms. The van der Waals surface area contributed by atoms with Gasteiger partial charge in [0.05, 0.1) is 24.7 Å². The maximum Gasteiger partial charge on any atom is 0.337 e. The highest BCUT2D eigenvalue weighted by Crippen LogP contribution is 2.33. The van der Waals surface area contributed by atoms with Gasteiger partial charge >= 0.3 is 11.7 Å². The van der Waals surface area contributed by atoms with Gasteiger partial charge in [0.15, 0.2) is 0 Å². The van der Waals surface area contributed by atoms with Gasteiger partial charge in [-0.15, -0.1) is 22.7 Å². The Kier molecular flexibility index (Phi) is 5.82. The molecule has 0 aliphatic rings. The summed E-state index contributed by atoms with van der Waals surface area (Å²) in [6.45, 7) is 0.562. The molecule has 4 aromatic rings. The molecule has 0 atom stereocenters. The highest BCUT2D eigenvalue weighted by atomic mass is 32.1. The van der Waals surface area contributed by atoms with Crippen molar-refractivity contribution in [3.8, 4) is 16.2 Å². The van der Waals surface area contributed by atoms with Gasteiger partial charge in [0.2, 0.25) is 0 Å². The molecule has 0 saturated carbocycles. The minimum Gasteiger partial charge on any atom is -0.494 e. The fourth-order valence-electron chi connectivity index (χ4n) is 3.09. The molecule has 7 nitrogen and oxygen atoms in total. The molecule has 0 saturated heterocycles. The first-order valence-electron chi connectivity index (χ1n) is 9.18. The number of carbonyl (C=O) groups excluding carboxylic acids is 1. The molecule has 0 bridgehead atoms. The third-order valence-corrected chi connectivity index (χ3v) is 6.37. The maximum atomic E-state index is 13.0. The van der Waals surface area contributed by atoms with Crippen LogP contribution < -0.4 is 16.0 Å². The molecule has 154 valence electrons. The van der Waals surface area contributed by atoms with E-state index in [9.17, 15) is 14.4 Å². The lowest BCUT2D eigenvalue weighted by Crippen LogP contribution is -2.35. The molecule has 0 radical (unpaired) electrons. The molecule has 3 heterocycles. The highest BCUT2D eigenvalue weighted by Gasteiger charge is 2.15. The third kappa shape index (κ3) is 3.94. The van der Waals surface area contributed by atoms with E-state index in [0.717, 1.165) is 10.4 Å². The van der Waals surface area contributed by atoms with Crippen molar-refractivity contribution in [2.45, 2.75) is 13.0 Å². The number of H-pyrrole nitrogens is 1. The summed E-state index contributed by atoms with van der Waals surface area (Å²) in [4.78, 5) is 41.2. The molecule has 0 unspecified atom stereocenters. The number of aromatic amines is 1. The largest absolute Gasteiger partial charge is 0.494 e. The average molecular weight is 443 g/mol. The second-order valence-corrected chi connectivity index (χ2v) is 8.26. The summed E-state index contributed by atoms with van der Waals surface area (Å²) in [7, 11) is 1.33. The Morgan fingerprint density at radius 2 is 1.93 bits per heavy atom. The highest BCUT2D eigenvalue weighted by molar-refractivity contribution is 7.18. The van der Waals surface area contributed by atoms with Crippen LogP contribution >= 0.6 is 22.7 Å². The van der Waals surface area contributed by atoms with Crippen molar-refractivity contribution in [3.63, 3.8) is 0 Å². The zero-order valence-electron chi connectivity index (χ0n) is 16.0. The van der Waals surface area contributed by atoms with Crippen molar-refractivity contribution in [3.05, 3.63) is 73.6 Å². The number of aromatic nitrogens is 2. The van der Waals surface area contributed by atoms with E-state index >= 15 is 0 Å². The van der Waals surface area contributed by atoms with E-state index in [4.69, 9.17) is 4.74 Å². The number of nitrogens with zero attached hydrogens (tertiary/aromatic N) is 1. The monoisotopic (exact) mass is 442 g/mol. The summed E-state index contributed by atoms with van der Waals surface area (Å²) in [5, 5.41) is 4.40. The van der Waals surface area contributed by atoms with Crippen LogP contribution in [0.1, 0.15) is 16.8 Å². The van der Waals surface area contributed by atoms with E-state index in [1.165, 1.54) is 23.0 Å². The Labute approximate surface area is 179 Å². The topological polar surface area (TPSA) is 90.4 Å². The first-order chi connectivity index (χ1) is 14.6. The molecular formula is C21H18N2O5S2. The number of hydrogen-bond acceptors (Lipinski definition) is 7. The zero-order valence-corrected chi connectivity index (χ0v) is 17.7. The van der Waals surface area contributed by atoms with E-state index in [1.54, 1.807) is 35.6 Å². The fraction of sp³-hybridized carbons (Fsp3) is 0.190. The van der Waals surface area contributed by atoms with Crippen LogP contribution in [0.3, 0.4) is 0 Å². The number of benzene rings is 1. The van der Waals surface area contributed by atoms with Crippen molar-refractivity contribution in [2.75, 3.05) is 13.7 Å². The summed E-state index contributed by atoms with van der Waals surface area (Å²) < 4.78 is 11.5. The maximum absolute atomic E-state index is 13.0. The van der Waals surface area contributed by atoms with Crippen molar-refractivity contribution >= 4 is 38.9 Å². The average Bonchev–Trinajstić information content (AvgIpc) is 3.42. The molecule has 30 heavy (non-hydrogen) atoms. The smallest absolute Gasteiger partial charge is 0.337 e. The molecule has 0 fully saturated rings. The van der Waals surface area contributed by atoms with Crippen LogP contribution in [-0.4, -0.2) is 29.2 Å². The summed E-state index contributed by atoms with van der Waals surface area (Å²) >= 11 is 2.91. The van der Waals surface area contributed by atoms with Crippen LogP contribution in [0.15, 0.2) is 56.7 Å². The first-order valence-corrected chi connectivity index (χ1v) is 10.9. The molecule has 1 N–H and O–H groups in total. The standard InChI is InChI=1S/C21H18N2O5S2/c1-27-20(25)13-5-7-14(8-6-13)28-10-3-9-23-19(24)17-15(16-4-2-11-29-16)12-30-18(17)22-21(23)26/h2,4-8,11-12H,3,9-10H2,1H3,(H,22,26). The number of methoxy groups -OCH3 is 1. The van der Waals surface area contributed by atoms with Gasteiger partial charge < -0.3 is 9.47 Å². The first kappa shape index (κ1) is 20.1. The molecule has 3 aromatic heterocycles. The van der Waals surface area contributed by atoms with Gasteiger partial charge in [0.25, 0.3) is 5.56 Å². The summed E-state index contributed by atoms with van der Waals surface area (Å²) in [5.41, 5.74) is 0.575. The molecule has 0 aliphatic heterocycles. The number of fused-ring (bicyclic) bond motifs is 1. The molecule has 0 amide bonds. The Morgan fingerprint density at radius 3 is 2.63 bits per heavy atom. The number of hydrogen-bond donors (Lipinski definition) is 1. The van der Waals surface area contributed by atoms with Gasteiger partial charge in [-0.3, -0.25) is 14.3 Å². The van der Waals surface area contributed by atoms with E-state index in [0.29, 0.717) is 34.6 Å². The lowest BCUT2D eigenvalue weighted by molar-refractivity contribution is 0.0600. The van der Waals surface area contributed by atoms with Crippen LogP contribution in [0, 0.1) is 0 Å². The van der Waals surface area contributed by atoms with E-state index in [1.807, 2.05) is 22.9 Å². The number of esters is 1. The van der Waals surface area contributed by atoms with Crippen molar-refractivity contribution < 1.29 is 14.3 Å². The van der Waals surface area contributed by atoms with Gasteiger partial charge in [-0.05, 0) is 42.1 Å². The van der Waals surface area contributed by atoms with Crippen molar-refractivity contribution in [2.24, 2.45) is 0 Å². The van der Waals surface area contributed by atoms with E-state index < -0.39 is 11.7 Å². The molecule has 4 rings (SSSR count). The minimum atomic E-state index is -0.422. The lowest BCUT2D eigenvalue weighted by Gasteiger charge is -2.08. The third-order valence-electron chi connectivity index (χ3n) is 4.57. The number of rotatable bonds is 7. The molecule has 0 aliphatic carbocycles. The van der Waals surface area contributed by atoms with Crippen molar-refractivity contribution in [1.82, 2.24) is 9.55 Å². The summed E-state index contributed by atoms with van der Waals surface area (Å²) in [6.07, 6.45) is 0.478. The second-order valence-electron chi connectivity index (χ2n) is 6.44. The second kappa shape index (κ2) is 8.68. The van der Waals surface area contributed by atoms with Gasteiger partial charge in [0.1, 0.15) is 10.6 Å². The molecule has 1 aromatic carbocycles. The summed E-state index contributed by atoms with van der Waals surface area (Å²) in [6, 6.07) is 10.5. The van der Waals surface area contributed by atoms with Gasteiger partial charge in [-0.25, -0.2) is 9.59 Å². The normalized spacial score (nSPS) is 11.0. The van der Waals surface area contributed by atoms with Crippen LogP contribution in [0.5, 0.6) is 5.75 Å². The zero-order chi connectivity index (χ0) is 21.1. The van der Waals surface area contributed by atoms with Crippen LogP contribution in [0.2, 0.25) is 0 Å². The predicted molar refractivity (Wildman–Crippen MR) is 118 cm³/mol. The van der Waals surface area contributed by atoms with E-state index in [-0.39, 0.29) is 12.1 Å². The lowest BCUT2D eigenvalue weighted by atomic mass is 10.2. The Hall–Kier alpha value is -3.17. The number of ether oxygens (including phenoxy) is 2. The fourth-order valence-corrected chi connectivity index (χ4v) is 4.85. The van der Waals surface area contributed by atoms with Crippen LogP contribution in [-0.2, 0) is 11.3 Å². The van der Waals surface area contributed by atoms with Gasteiger partial charge in [0, 0.05) is 22.4 Å². The van der Waals surface area contributed by atoms with Gasteiger partial charge in [-0.1, -0.05) is 6.07 Å². The molecule has 9 heteroatoms. The molecular weight excluding hydrogens is 424 g/mol. The number of thiophene rings is 2. The van der Waals surface area contributed by atoms with Crippen molar-refractivity contribution in [1.29, 1.82) is 0 Å². The Bertz CT molecular complexity index is 1280. The Morgan fingerprint density at radius 1 is 1.13 bits per heavy atom.